The van der Waals surface area contributed by atoms with E-state index < -0.39 is 0 Å². The predicted molar refractivity (Wildman–Crippen MR) is 107 cm³/mol. The summed E-state index contributed by atoms with van der Waals surface area (Å²) >= 11 is 0. The first-order valence-electron chi connectivity index (χ1n) is 9.75. The van der Waals surface area contributed by atoms with Gasteiger partial charge in [-0.25, -0.2) is 0 Å². The van der Waals surface area contributed by atoms with E-state index in [9.17, 15) is 15.0 Å². The number of phenolic OH excluding ortho intramolecular Hbond substituents is 1. The van der Waals surface area contributed by atoms with E-state index in [1.165, 1.54) is 5.56 Å². The number of hydrogen-bond donors (Lipinski definition) is 2. The van der Waals surface area contributed by atoms with Crippen molar-refractivity contribution >= 4 is 5.78 Å². The quantitative estimate of drug-likeness (QED) is 0.810. The Labute approximate surface area is 161 Å². The predicted octanol–water partition coefficient (Wildman–Crippen LogP) is 3.66. The number of fused-ring (bicyclic) bond motifs is 1. The summed E-state index contributed by atoms with van der Waals surface area (Å²) in [6.07, 6.45) is 2.26. The molecule has 4 heteroatoms. The minimum absolute atomic E-state index is 0.106. The van der Waals surface area contributed by atoms with Gasteiger partial charge in [0, 0.05) is 31.6 Å². The minimum atomic E-state index is -0.106. The largest absolute Gasteiger partial charge is 0.508 e. The van der Waals surface area contributed by atoms with Gasteiger partial charge in [-0.05, 0) is 55.9 Å². The lowest BCUT2D eigenvalue weighted by molar-refractivity contribution is 0.0964. The fraction of sp³-hybridized carbons (Fsp3) is 0.435. The molecule has 0 radical (unpaired) electrons. The summed E-state index contributed by atoms with van der Waals surface area (Å²) in [6.45, 7) is 4.91. The lowest BCUT2D eigenvalue weighted by atomic mass is 10.0. The molecule has 4 rings (SSSR count). The normalized spacial score (nSPS) is 24.1. The molecule has 0 spiro atoms. The lowest BCUT2D eigenvalue weighted by Gasteiger charge is -2.17. The van der Waals surface area contributed by atoms with Gasteiger partial charge in [0.25, 0.3) is 0 Å². The molecule has 0 aromatic heterocycles. The van der Waals surface area contributed by atoms with Gasteiger partial charge in [0.05, 0.1) is 6.10 Å². The number of likely N-dealkylation sites (tertiary alicyclic amines) is 1. The van der Waals surface area contributed by atoms with Gasteiger partial charge >= 0.3 is 0 Å². The molecule has 1 aliphatic heterocycles. The maximum Gasteiger partial charge on any atom is 0.164 e. The van der Waals surface area contributed by atoms with Crippen molar-refractivity contribution in [3.05, 3.63) is 65.7 Å². The second-order valence-corrected chi connectivity index (χ2v) is 7.78. The smallest absolute Gasteiger partial charge is 0.164 e. The zero-order valence-corrected chi connectivity index (χ0v) is 15.9. The number of benzene rings is 2. The van der Waals surface area contributed by atoms with Crippen molar-refractivity contribution in [2.75, 3.05) is 19.6 Å². The highest BCUT2D eigenvalue weighted by molar-refractivity contribution is 5.96. The fourth-order valence-electron chi connectivity index (χ4n) is 4.13. The third kappa shape index (κ3) is 5.65. The van der Waals surface area contributed by atoms with Gasteiger partial charge in [0.1, 0.15) is 5.75 Å². The molecule has 27 heavy (non-hydrogen) atoms. The fourth-order valence-corrected chi connectivity index (χ4v) is 4.13. The van der Waals surface area contributed by atoms with E-state index in [2.05, 4.69) is 24.0 Å². The van der Waals surface area contributed by atoms with Crippen LogP contribution in [-0.2, 0) is 0 Å². The number of carbonyl (C=O) groups excluding carboxylic acids is 1. The molecule has 2 N–H and O–H groups in total. The Bertz CT molecular complexity index is 715. The highest BCUT2D eigenvalue weighted by Crippen LogP contribution is 2.37. The number of ketones is 1. The first-order valence-corrected chi connectivity index (χ1v) is 9.75. The Hall–Kier alpha value is -2.17. The molecule has 1 unspecified atom stereocenters. The van der Waals surface area contributed by atoms with Crippen molar-refractivity contribution in [1.29, 1.82) is 0 Å². The number of Topliss-reactive ketones (excluding diaryl/α,β-unsaturated/α-hetero) is 1. The van der Waals surface area contributed by atoms with Gasteiger partial charge in [-0.2, -0.15) is 0 Å². The Balaban J connectivity index is 0.000000253. The van der Waals surface area contributed by atoms with Crippen LogP contribution in [0.4, 0.5) is 0 Å². The topological polar surface area (TPSA) is 60.8 Å². The molecule has 1 heterocycles. The average molecular weight is 367 g/mol. The molecule has 0 bridgehead atoms. The SMILES string of the molecule is Cc1ccccc1.O=C(CCN1C[C@H]2CC(O)C[C@H]2C1)c1ccc(O)cc1. The van der Waals surface area contributed by atoms with Crippen molar-refractivity contribution in [2.24, 2.45) is 11.8 Å². The molecule has 1 saturated heterocycles. The second-order valence-electron chi connectivity index (χ2n) is 7.78. The highest BCUT2D eigenvalue weighted by atomic mass is 16.3. The summed E-state index contributed by atoms with van der Waals surface area (Å²) in [6, 6.07) is 16.7. The van der Waals surface area contributed by atoms with Crippen molar-refractivity contribution in [3.63, 3.8) is 0 Å². The number of aromatic hydroxyl groups is 1. The molecule has 144 valence electrons. The van der Waals surface area contributed by atoms with Crippen LogP contribution in [0.1, 0.15) is 35.2 Å². The van der Waals surface area contributed by atoms with Crippen LogP contribution in [0.3, 0.4) is 0 Å². The molecular formula is C23H29NO3. The number of rotatable bonds is 4. The van der Waals surface area contributed by atoms with Crippen molar-refractivity contribution in [1.82, 2.24) is 4.90 Å². The summed E-state index contributed by atoms with van der Waals surface area (Å²) in [4.78, 5) is 14.4. The van der Waals surface area contributed by atoms with Crippen LogP contribution < -0.4 is 0 Å². The van der Waals surface area contributed by atoms with Gasteiger partial charge in [-0.1, -0.05) is 35.9 Å². The summed E-state index contributed by atoms with van der Waals surface area (Å²) < 4.78 is 0. The number of hydrogen-bond acceptors (Lipinski definition) is 4. The summed E-state index contributed by atoms with van der Waals surface area (Å²) in [7, 11) is 0. The van der Waals surface area contributed by atoms with E-state index >= 15 is 0 Å². The van der Waals surface area contributed by atoms with Gasteiger partial charge in [0.2, 0.25) is 0 Å². The number of aliphatic hydroxyl groups excluding tert-OH is 1. The molecule has 2 aromatic rings. The van der Waals surface area contributed by atoms with Crippen LogP contribution in [0.2, 0.25) is 0 Å². The van der Waals surface area contributed by atoms with Gasteiger partial charge in [-0.3, -0.25) is 4.79 Å². The molecule has 4 nitrogen and oxygen atoms in total. The lowest BCUT2D eigenvalue weighted by Crippen LogP contribution is -2.25. The van der Waals surface area contributed by atoms with E-state index in [1.807, 2.05) is 18.2 Å². The van der Waals surface area contributed by atoms with Crippen LogP contribution in [0.25, 0.3) is 0 Å². The van der Waals surface area contributed by atoms with Crippen molar-refractivity contribution < 1.29 is 15.0 Å². The van der Waals surface area contributed by atoms with E-state index in [0.717, 1.165) is 32.5 Å². The molecule has 2 fully saturated rings. The summed E-state index contributed by atoms with van der Waals surface area (Å²) in [5.41, 5.74) is 1.99. The number of nitrogens with zero attached hydrogens (tertiary/aromatic N) is 1. The molecule has 0 amide bonds. The zero-order valence-electron chi connectivity index (χ0n) is 15.9. The van der Waals surface area contributed by atoms with Gasteiger partial charge in [-0.15, -0.1) is 0 Å². The number of phenols is 1. The van der Waals surface area contributed by atoms with Crippen LogP contribution >= 0.6 is 0 Å². The van der Waals surface area contributed by atoms with Crippen LogP contribution in [-0.4, -0.2) is 46.6 Å². The third-order valence-corrected chi connectivity index (χ3v) is 5.59. The standard InChI is InChI=1S/C16H21NO3.C7H8/c18-14-3-1-11(2-4-14)16(20)5-6-17-9-12-7-15(19)8-13(12)10-17;1-7-5-3-2-4-6-7/h1-4,12-13,15,18-19H,5-10H2;2-6H,1H3/t12-,13+,15?;. The third-order valence-electron chi connectivity index (χ3n) is 5.59. The first-order chi connectivity index (χ1) is 13.0. The Kier molecular flexibility index (Phi) is 6.64. The molecule has 2 aliphatic rings. The molecule has 2 aromatic carbocycles. The van der Waals surface area contributed by atoms with Crippen molar-refractivity contribution in [2.45, 2.75) is 32.3 Å². The average Bonchev–Trinajstić information content (AvgIpc) is 3.18. The second kappa shape index (κ2) is 9.16. The maximum atomic E-state index is 12.1. The van der Waals surface area contributed by atoms with E-state index in [0.29, 0.717) is 23.8 Å². The Morgan fingerprint density at radius 3 is 2.11 bits per heavy atom. The van der Waals surface area contributed by atoms with Gasteiger partial charge < -0.3 is 15.1 Å². The maximum absolute atomic E-state index is 12.1. The molecule has 3 atom stereocenters. The number of carbonyl (C=O) groups is 1. The van der Waals surface area contributed by atoms with Crippen LogP contribution in [0.15, 0.2) is 54.6 Å². The Morgan fingerprint density at radius 2 is 1.59 bits per heavy atom. The zero-order chi connectivity index (χ0) is 19.2. The van der Waals surface area contributed by atoms with E-state index in [1.54, 1.807) is 24.3 Å². The summed E-state index contributed by atoms with van der Waals surface area (Å²) in [5.74, 6) is 1.55. The number of aliphatic hydroxyl groups is 1. The number of aryl methyl sites for hydroxylation is 1. The minimum Gasteiger partial charge on any atom is -0.508 e. The van der Waals surface area contributed by atoms with E-state index in [4.69, 9.17) is 0 Å². The van der Waals surface area contributed by atoms with Crippen LogP contribution in [0, 0.1) is 18.8 Å². The van der Waals surface area contributed by atoms with Crippen LogP contribution in [0.5, 0.6) is 5.75 Å². The molecule has 1 aliphatic carbocycles. The molecule has 1 saturated carbocycles. The first kappa shape index (κ1) is 19.6. The van der Waals surface area contributed by atoms with Gasteiger partial charge in [0.15, 0.2) is 5.78 Å². The molecular weight excluding hydrogens is 338 g/mol. The monoisotopic (exact) mass is 367 g/mol. The summed E-state index contributed by atoms with van der Waals surface area (Å²) in [5, 5.41) is 18.8. The highest BCUT2D eigenvalue weighted by Gasteiger charge is 2.39. The Morgan fingerprint density at radius 1 is 1.00 bits per heavy atom. The van der Waals surface area contributed by atoms with E-state index in [-0.39, 0.29) is 17.6 Å². The van der Waals surface area contributed by atoms with Crippen molar-refractivity contribution in [3.8, 4) is 5.75 Å².